The Morgan fingerprint density at radius 2 is 1.92 bits per heavy atom. The first-order valence-electron chi connectivity index (χ1n) is 8.89. The number of amides is 1. The second-order valence-electron chi connectivity index (χ2n) is 7.12. The molecule has 1 aliphatic carbocycles. The summed E-state index contributed by atoms with van der Waals surface area (Å²) in [6.07, 6.45) is 3.45. The van der Waals surface area contributed by atoms with E-state index in [1.165, 1.54) is 12.1 Å². The Balaban J connectivity index is 1.31. The summed E-state index contributed by atoms with van der Waals surface area (Å²) >= 11 is 0. The molecule has 5 heteroatoms. The molecule has 2 fully saturated rings. The number of hydrogen-bond acceptors (Lipinski definition) is 3. The molecule has 1 N–H and O–H groups in total. The number of piperidine rings is 1. The highest BCUT2D eigenvalue weighted by Crippen LogP contribution is 2.49. The minimum atomic E-state index is -0.602. The van der Waals surface area contributed by atoms with E-state index in [-0.39, 0.29) is 29.5 Å². The average molecular weight is 343 g/mol. The van der Waals surface area contributed by atoms with Gasteiger partial charge >= 0.3 is 0 Å². The maximum absolute atomic E-state index is 13.0. The molecule has 1 amide bonds. The molecule has 2 aliphatic rings. The summed E-state index contributed by atoms with van der Waals surface area (Å²) in [4.78, 5) is 14.5. The summed E-state index contributed by atoms with van der Waals surface area (Å²) in [6, 6.07) is 9.81. The van der Waals surface area contributed by atoms with E-state index < -0.39 is 6.10 Å². The molecule has 132 valence electrons. The average Bonchev–Trinajstić information content (AvgIpc) is 3.26. The van der Waals surface area contributed by atoms with Gasteiger partial charge in [-0.25, -0.2) is 4.39 Å². The maximum atomic E-state index is 13.0. The topological polar surface area (TPSA) is 53.7 Å². The number of carbonyl (C=O) groups excluding carboxylic acids is 1. The van der Waals surface area contributed by atoms with Gasteiger partial charge in [-0.15, -0.1) is 0 Å². The number of likely N-dealkylation sites (tertiary alicyclic amines) is 1. The lowest BCUT2D eigenvalue weighted by molar-refractivity contribution is -0.134. The fourth-order valence-electron chi connectivity index (χ4n) is 3.89. The number of halogens is 1. The van der Waals surface area contributed by atoms with Gasteiger partial charge < -0.3 is 14.4 Å². The fourth-order valence-corrected chi connectivity index (χ4v) is 3.89. The lowest BCUT2D eigenvalue weighted by atomic mass is 9.87. The molecule has 4 nitrogen and oxygen atoms in total. The van der Waals surface area contributed by atoms with Crippen LogP contribution in [0.1, 0.15) is 42.6 Å². The van der Waals surface area contributed by atoms with Crippen molar-refractivity contribution in [3.8, 4) is 0 Å². The van der Waals surface area contributed by atoms with E-state index >= 15 is 0 Å². The van der Waals surface area contributed by atoms with Crippen molar-refractivity contribution in [2.24, 2.45) is 11.8 Å². The molecule has 1 aromatic heterocycles. The zero-order chi connectivity index (χ0) is 17.4. The Kier molecular flexibility index (Phi) is 4.34. The van der Waals surface area contributed by atoms with Crippen molar-refractivity contribution in [2.75, 3.05) is 13.1 Å². The van der Waals surface area contributed by atoms with Gasteiger partial charge in [-0.1, -0.05) is 12.1 Å². The number of benzene rings is 1. The maximum Gasteiger partial charge on any atom is 0.226 e. The van der Waals surface area contributed by atoms with Crippen LogP contribution < -0.4 is 0 Å². The second kappa shape index (κ2) is 6.64. The highest BCUT2D eigenvalue weighted by atomic mass is 19.1. The molecule has 1 saturated carbocycles. The van der Waals surface area contributed by atoms with Gasteiger partial charge in [0, 0.05) is 24.9 Å². The first kappa shape index (κ1) is 16.3. The molecule has 25 heavy (non-hydrogen) atoms. The quantitative estimate of drug-likeness (QED) is 0.924. The van der Waals surface area contributed by atoms with Crippen LogP contribution in [0.25, 0.3) is 0 Å². The van der Waals surface area contributed by atoms with Crippen LogP contribution in [0.2, 0.25) is 0 Å². The van der Waals surface area contributed by atoms with Gasteiger partial charge in [-0.05, 0) is 55.0 Å². The Morgan fingerprint density at radius 3 is 2.56 bits per heavy atom. The van der Waals surface area contributed by atoms with E-state index in [9.17, 15) is 14.3 Å². The van der Waals surface area contributed by atoms with Crippen LogP contribution in [-0.2, 0) is 4.79 Å². The number of aliphatic hydroxyl groups excluding tert-OH is 1. The smallest absolute Gasteiger partial charge is 0.226 e. The van der Waals surface area contributed by atoms with Crippen molar-refractivity contribution in [2.45, 2.75) is 31.3 Å². The molecule has 1 saturated heterocycles. The zero-order valence-electron chi connectivity index (χ0n) is 14.0. The number of aliphatic hydroxyl groups is 1. The second-order valence-corrected chi connectivity index (χ2v) is 7.12. The molecule has 0 radical (unpaired) electrons. The van der Waals surface area contributed by atoms with Crippen molar-refractivity contribution in [3.05, 3.63) is 59.8 Å². The molecule has 1 aromatic carbocycles. The zero-order valence-corrected chi connectivity index (χ0v) is 14.0. The monoisotopic (exact) mass is 343 g/mol. The molecule has 3 unspecified atom stereocenters. The molecular formula is C20H22FNO3. The molecule has 2 aromatic rings. The van der Waals surface area contributed by atoms with Crippen LogP contribution >= 0.6 is 0 Å². The Morgan fingerprint density at radius 1 is 1.20 bits per heavy atom. The largest absolute Gasteiger partial charge is 0.469 e. The van der Waals surface area contributed by atoms with Crippen LogP contribution in [0, 0.1) is 17.7 Å². The number of furan rings is 1. The third kappa shape index (κ3) is 3.33. The minimum Gasteiger partial charge on any atom is -0.469 e. The fraction of sp³-hybridized carbons (Fsp3) is 0.450. The third-order valence-electron chi connectivity index (χ3n) is 5.53. The van der Waals surface area contributed by atoms with Crippen molar-refractivity contribution < 1.29 is 18.7 Å². The number of carbonyl (C=O) groups is 1. The number of rotatable bonds is 4. The van der Waals surface area contributed by atoms with E-state index in [4.69, 9.17) is 4.42 Å². The van der Waals surface area contributed by atoms with Gasteiger partial charge in [0.2, 0.25) is 5.91 Å². The van der Waals surface area contributed by atoms with E-state index in [0.29, 0.717) is 13.1 Å². The lowest BCUT2D eigenvalue weighted by Gasteiger charge is -2.34. The normalized spacial score (nSPS) is 25.0. The van der Waals surface area contributed by atoms with Crippen LogP contribution in [0.4, 0.5) is 4.39 Å². The molecule has 1 aliphatic heterocycles. The predicted octanol–water partition coefficient (Wildman–Crippen LogP) is 3.49. The third-order valence-corrected chi connectivity index (χ3v) is 5.53. The lowest BCUT2D eigenvalue weighted by Crippen LogP contribution is -2.40. The van der Waals surface area contributed by atoms with E-state index in [0.717, 1.165) is 30.6 Å². The van der Waals surface area contributed by atoms with Crippen LogP contribution in [0.3, 0.4) is 0 Å². The van der Waals surface area contributed by atoms with E-state index in [1.54, 1.807) is 18.4 Å². The van der Waals surface area contributed by atoms with Gasteiger partial charge in [0.1, 0.15) is 11.6 Å². The van der Waals surface area contributed by atoms with Crippen LogP contribution in [0.15, 0.2) is 47.1 Å². The summed E-state index contributed by atoms with van der Waals surface area (Å²) in [7, 11) is 0. The van der Waals surface area contributed by atoms with Gasteiger partial charge in [0.05, 0.1) is 12.4 Å². The van der Waals surface area contributed by atoms with E-state index in [1.807, 2.05) is 17.0 Å². The Hall–Kier alpha value is -2.14. The molecular weight excluding hydrogens is 321 g/mol. The Bertz CT molecular complexity index is 720. The van der Waals surface area contributed by atoms with Gasteiger partial charge in [0.25, 0.3) is 0 Å². The van der Waals surface area contributed by atoms with Crippen LogP contribution in [-0.4, -0.2) is 29.0 Å². The highest BCUT2D eigenvalue weighted by Gasteiger charge is 2.48. The standard InChI is InChI=1S/C20H22FNO3/c21-15-5-3-13(4-6-15)19(23)14-7-9-22(10-8-14)20(24)17-12-16(17)18-2-1-11-25-18/h1-6,11,14,16-17,19,23H,7-10,12H2. The summed E-state index contributed by atoms with van der Waals surface area (Å²) in [6.45, 7) is 1.34. The molecule has 0 spiro atoms. The van der Waals surface area contributed by atoms with Crippen molar-refractivity contribution in [3.63, 3.8) is 0 Å². The summed E-state index contributed by atoms with van der Waals surface area (Å²) in [5.74, 6) is 1.19. The van der Waals surface area contributed by atoms with Gasteiger partial charge in [0.15, 0.2) is 0 Å². The molecule has 3 atom stereocenters. The first-order valence-corrected chi connectivity index (χ1v) is 8.89. The molecule has 2 heterocycles. The van der Waals surface area contributed by atoms with Crippen molar-refractivity contribution >= 4 is 5.91 Å². The molecule has 4 rings (SSSR count). The molecule has 0 bridgehead atoms. The summed E-state index contributed by atoms with van der Waals surface area (Å²) in [5, 5.41) is 10.5. The van der Waals surface area contributed by atoms with Gasteiger partial charge in [-0.3, -0.25) is 4.79 Å². The van der Waals surface area contributed by atoms with Gasteiger partial charge in [-0.2, -0.15) is 0 Å². The Labute approximate surface area is 146 Å². The predicted molar refractivity (Wildman–Crippen MR) is 90.2 cm³/mol. The van der Waals surface area contributed by atoms with Crippen molar-refractivity contribution in [1.29, 1.82) is 0 Å². The summed E-state index contributed by atoms with van der Waals surface area (Å²) in [5.41, 5.74) is 0.742. The van der Waals surface area contributed by atoms with Crippen LogP contribution in [0.5, 0.6) is 0 Å². The number of nitrogens with zero attached hydrogens (tertiary/aromatic N) is 1. The number of hydrogen-bond donors (Lipinski definition) is 1. The minimum absolute atomic E-state index is 0.0460. The van der Waals surface area contributed by atoms with Crippen molar-refractivity contribution in [1.82, 2.24) is 4.90 Å². The first-order chi connectivity index (χ1) is 12.1. The SMILES string of the molecule is O=C(C1CC1c1ccco1)N1CCC(C(O)c2ccc(F)cc2)CC1. The highest BCUT2D eigenvalue weighted by molar-refractivity contribution is 5.82. The summed E-state index contributed by atoms with van der Waals surface area (Å²) < 4.78 is 18.4. The van der Waals surface area contributed by atoms with E-state index in [2.05, 4.69) is 0 Å².